The molecule has 14 heavy (non-hydrogen) atoms. The average Bonchev–Trinajstić information content (AvgIpc) is 2.62. The summed E-state index contributed by atoms with van der Waals surface area (Å²) in [5, 5.41) is 2.79. The summed E-state index contributed by atoms with van der Waals surface area (Å²) in [5.41, 5.74) is 6.20. The standard InChI is InChI=1S/C9H16N4O/c1-2-3-11-9(14)6-13-5-8(4-10)12-7-13/h5,7H,2-4,6,10H2,1H3,(H,11,14). The van der Waals surface area contributed by atoms with Crippen LogP contribution >= 0.6 is 0 Å². The SMILES string of the molecule is CCCNC(=O)Cn1cnc(CN)c1. The number of carbonyl (C=O) groups is 1. The fraction of sp³-hybridized carbons (Fsp3) is 0.556. The maximum absolute atomic E-state index is 11.3. The maximum Gasteiger partial charge on any atom is 0.239 e. The van der Waals surface area contributed by atoms with Crippen molar-refractivity contribution in [2.24, 2.45) is 5.73 Å². The lowest BCUT2D eigenvalue weighted by Crippen LogP contribution is -2.27. The van der Waals surface area contributed by atoms with Gasteiger partial charge in [-0.05, 0) is 6.42 Å². The number of nitrogens with one attached hydrogen (secondary N) is 1. The molecule has 1 aromatic heterocycles. The first-order valence-corrected chi connectivity index (χ1v) is 4.73. The summed E-state index contributed by atoms with van der Waals surface area (Å²) >= 11 is 0. The van der Waals surface area contributed by atoms with Crippen LogP contribution in [0.3, 0.4) is 0 Å². The van der Waals surface area contributed by atoms with E-state index in [0.717, 1.165) is 18.7 Å². The van der Waals surface area contributed by atoms with Gasteiger partial charge in [-0.25, -0.2) is 4.98 Å². The smallest absolute Gasteiger partial charge is 0.239 e. The fourth-order valence-corrected chi connectivity index (χ4v) is 1.08. The van der Waals surface area contributed by atoms with E-state index in [1.165, 1.54) is 0 Å². The average molecular weight is 196 g/mol. The van der Waals surface area contributed by atoms with Crippen LogP contribution in [0.15, 0.2) is 12.5 Å². The zero-order valence-electron chi connectivity index (χ0n) is 8.36. The Morgan fingerprint density at radius 3 is 3.07 bits per heavy atom. The topological polar surface area (TPSA) is 72.9 Å². The van der Waals surface area contributed by atoms with Crippen LogP contribution in [-0.2, 0) is 17.9 Å². The number of hydrogen-bond donors (Lipinski definition) is 2. The monoisotopic (exact) mass is 196 g/mol. The Bertz CT molecular complexity index is 295. The highest BCUT2D eigenvalue weighted by Gasteiger charge is 2.02. The first-order chi connectivity index (χ1) is 6.76. The molecule has 0 saturated carbocycles. The van der Waals surface area contributed by atoms with Crippen LogP contribution in [0.25, 0.3) is 0 Å². The van der Waals surface area contributed by atoms with Gasteiger partial charge in [-0.2, -0.15) is 0 Å². The number of aromatic nitrogens is 2. The molecular formula is C9H16N4O. The van der Waals surface area contributed by atoms with E-state index in [0.29, 0.717) is 13.1 Å². The van der Waals surface area contributed by atoms with Gasteiger partial charge in [0.25, 0.3) is 0 Å². The van der Waals surface area contributed by atoms with E-state index in [1.54, 1.807) is 17.1 Å². The van der Waals surface area contributed by atoms with Crippen LogP contribution in [0.1, 0.15) is 19.0 Å². The predicted molar refractivity (Wildman–Crippen MR) is 53.4 cm³/mol. The molecule has 0 saturated heterocycles. The van der Waals surface area contributed by atoms with Gasteiger partial charge < -0.3 is 15.6 Å². The van der Waals surface area contributed by atoms with Crippen LogP contribution in [-0.4, -0.2) is 22.0 Å². The van der Waals surface area contributed by atoms with Crippen LogP contribution < -0.4 is 11.1 Å². The highest BCUT2D eigenvalue weighted by Crippen LogP contribution is 1.94. The summed E-state index contributed by atoms with van der Waals surface area (Å²) in [5.74, 6) is 0.00724. The van der Waals surface area contributed by atoms with E-state index in [-0.39, 0.29) is 5.91 Å². The molecule has 0 aliphatic heterocycles. The normalized spacial score (nSPS) is 10.1. The number of nitrogens with two attached hydrogens (primary N) is 1. The first-order valence-electron chi connectivity index (χ1n) is 4.73. The molecule has 0 bridgehead atoms. The summed E-state index contributed by atoms with van der Waals surface area (Å²) in [4.78, 5) is 15.3. The number of hydrogen-bond acceptors (Lipinski definition) is 3. The largest absolute Gasteiger partial charge is 0.355 e. The molecule has 0 aliphatic carbocycles. The van der Waals surface area contributed by atoms with Gasteiger partial charge in [-0.1, -0.05) is 6.92 Å². The highest BCUT2D eigenvalue weighted by molar-refractivity contribution is 5.75. The Hall–Kier alpha value is -1.36. The van der Waals surface area contributed by atoms with E-state index in [2.05, 4.69) is 10.3 Å². The van der Waals surface area contributed by atoms with Gasteiger partial charge in [0.15, 0.2) is 0 Å². The number of nitrogens with zero attached hydrogens (tertiary/aromatic N) is 2. The molecule has 5 nitrogen and oxygen atoms in total. The third kappa shape index (κ3) is 3.18. The predicted octanol–water partition coefficient (Wildman–Crippen LogP) is -0.132. The molecule has 5 heteroatoms. The zero-order chi connectivity index (χ0) is 10.4. The summed E-state index contributed by atoms with van der Waals surface area (Å²) < 4.78 is 1.73. The van der Waals surface area contributed by atoms with Crippen molar-refractivity contribution < 1.29 is 4.79 Å². The Morgan fingerprint density at radius 2 is 2.50 bits per heavy atom. The molecule has 0 spiro atoms. The first kappa shape index (κ1) is 10.7. The van der Waals surface area contributed by atoms with E-state index in [4.69, 9.17) is 5.73 Å². The van der Waals surface area contributed by atoms with Gasteiger partial charge in [-0.3, -0.25) is 4.79 Å². The van der Waals surface area contributed by atoms with E-state index in [1.807, 2.05) is 6.92 Å². The van der Waals surface area contributed by atoms with Crippen molar-refractivity contribution in [2.45, 2.75) is 26.4 Å². The van der Waals surface area contributed by atoms with E-state index in [9.17, 15) is 4.79 Å². The second-order valence-corrected chi connectivity index (χ2v) is 3.09. The van der Waals surface area contributed by atoms with Crippen molar-refractivity contribution in [3.05, 3.63) is 18.2 Å². The van der Waals surface area contributed by atoms with Crippen LogP contribution in [0.4, 0.5) is 0 Å². The minimum absolute atomic E-state index is 0.00724. The number of amides is 1. The Labute approximate surface area is 83.3 Å². The minimum Gasteiger partial charge on any atom is -0.355 e. The molecule has 1 heterocycles. The Morgan fingerprint density at radius 1 is 1.71 bits per heavy atom. The number of rotatable bonds is 5. The molecule has 0 atom stereocenters. The highest BCUT2D eigenvalue weighted by atomic mass is 16.1. The van der Waals surface area contributed by atoms with Gasteiger partial charge in [0, 0.05) is 19.3 Å². The molecule has 1 amide bonds. The fourth-order valence-electron chi connectivity index (χ4n) is 1.08. The lowest BCUT2D eigenvalue weighted by Gasteiger charge is -2.03. The van der Waals surface area contributed by atoms with Crippen molar-refractivity contribution >= 4 is 5.91 Å². The van der Waals surface area contributed by atoms with E-state index < -0.39 is 0 Å². The number of carbonyl (C=O) groups excluding carboxylic acids is 1. The molecule has 1 aromatic rings. The molecular weight excluding hydrogens is 180 g/mol. The van der Waals surface area contributed by atoms with Crippen molar-refractivity contribution in [2.75, 3.05) is 6.54 Å². The van der Waals surface area contributed by atoms with Crippen LogP contribution in [0, 0.1) is 0 Å². The quantitative estimate of drug-likeness (QED) is 0.689. The molecule has 78 valence electrons. The van der Waals surface area contributed by atoms with E-state index >= 15 is 0 Å². The number of imidazole rings is 1. The van der Waals surface area contributed by atoms with Crippen LogP contribution in [0.5, 0.6) is 0 Å². The summed E-state index contributed by atoms with van der Waals surface area (Å²) in [6, 6.07) is 0. The molecule has 0 unspecified atom stereocenters. The summed E-state index contributed by atoms with van der Waals surface area (Å²) in [6.07, 6.45) is 4.35. The summed E-state index contributed by atoms with van der Waals surface area (Å²) in [7, 11) is 0. The van der Waals surface area contributed by atoms with Gasteiger partial charge >= 0.3 is 0 Å². The van der Waals surface area contributed by atoms with Gasteiger partial charge in [0.05, 0.1) is 12.0 Å². The molecule has 0 fully saturated rings. The maximum atomic E-state index is 11.3. The zero-order valence-corrected chi connectivity index (χ0v) is 8.36. The second kappa shape index (κ2) is 5.39. The van der Waals surface area contributed by atoms with Gasteiger partial charge in [0.2, 0.25) is 5.91 Å². The van der Waals surface area contributed by atoms with Crippen molar-refractivity contribution in [1.82, 2.24) is 14.9 Å². The molecule has 0 aromatic carbocycles. The van der Waals surface area contributed by atoms with Crippen molar-refractivity contribution in [1.29, 1.82) is 0 Å². The lowest BCUT2D eigenvalue weighted by molar-refractivity contribution is -0.121. The van der Waals surface area contributed by atoms with Crippen molar-refractivity contribution in [3.63, 3.8) is 0 Å². The second-order valence-electron chi connectivity index (χ2n) is 3.09. The van der Waals surface area contributed by atoms with Crippen molar-refractivity contribution in [3.8, 4) is 0 Å². The Balaban J connectivity index is 2.39. The lowest BCUT2D eigenvalue weighted by atomic mass is 10.4. The molecule has 3 N–H and O–H groups in total. The Kier molecular flexibility index (Phi) is 4.12. The molecule has 1 rings (SSSR count). The third-order valence-electron chi connectivity index (χ3n) is 1.79. The van der Waals surface area contributed by atoms with Crippen LogP contribution in [0.2, 0.25) is 0 Å². The molecule has 0 radical (unpaired) electrons. The minimum atomic E-state index is 0.00724. The molecule has 0 aliphatic rings. The third-order valence-corrected chi connectivity index (χ3v) is 1.79. The van der Waals surface area contributed by atoms with Gasteiger partial charge in [-0.15, -0.1) is 0 Å². The van der Waals surface area contributed by atoms with Gasteiger partial charge in [0.1, 0.15) is 6.54 Å². The summed E-state index contributed by atoms with van der Waals surface area (Å²) in [6.45, 7) is 3.46.